The van der Waals surface area contributed by atoms with E-state index in [1.54, 1.807) is 4.68 Å². The molecule has 0 radical (unpaired) electrons. The van der Waals surface area contributed by atoms with Crippen LogP contribution < -0.4 is 5.56 Å². The largest absolute Gasteiger partial charge is 0.361 e. The number of H-pyrrole nitrogens is 1. The van der Waals surface area contributed by atoms with Crippen LogP contribution in [0.4, 0.5) is 8.78 Å². The van der Waals surface area contributed by atoms with Crippen LogP contribution in [0.1, 0.15) is 73.7 Å². The minimum absolute atomic E-state index is 0.0449. The van der Waals surface area contributed by atoms with E-state index in [1.165, 1.54) is 6.20 Å². The second-order valence-electron chi connectivity index (χ2n) is 8.03. The van der Waals surface area contributed by atoms with E-state index in [0.717, 1.165) is 24.3 Å². The molecule has 0 bridgehead atoms. The number of hydrogen-bond acceptors (Lipinski definition) is 5. The lowest BCUT2D eigenvalue weighted by Crippen LogP contribution is -2.28. The molecule has 9 heteroatoms. The van der Waals surface area contributed by atoms with Crippen molar-refractivity contribution in [3.63, 3.8) is 0 Å². The van der Waals surface area contributed by atoms with Gasteiger partial charge in [-0.25, -0.2) is 18.4 Å². The van der Waals surface area contributed by atoms with Gasteiger partial charge in [0.25, 0.3) is 5.56 Å². The van der Waals surface area contributed by atoms with E-state index in [0.29, 0.717) is 29.7 Å². The number of aromatic amines is 1. The molecule has 2 saturated carbocycles. The Balaban J connectivity index is 1.49. The van der Waals surface area contributed by atoms with E-state index in [-0.39, 0.29) is 36.3 Å². The number of rotatable bonds is 3. The number of aromatic nitrogens is 5. The average Bonchev–Trinajstić information content (AvgIpc) is 3.21. The first-order valence-electron chi connectivity index (χ1n) is 9.70. The van der Waals surface area contributed by atoms with Crippen molar-refractivity contribution in [1.29, 1.82) is 0 Å². The van der Waals surface area contributed by atoms with Gasteiger partial charge in [0.05, 0.1) is 17.9 Å². The average molecular weight is 389 g/mol. The van der Waals surface area contributed by atoms with E-state index < -0.39 is 5.92 Å². The molecule has 148 valence electrons. The van der Waals surface area contributed by atoms with Crippen LogP contribution in [-0.4, -0.2) is 30.8 Å². The van der Waals surface area contributed by atoms with Gasteiger partial charge in [0.15, 0.2) is 5.65 Å². The van der Waals surface area contributed by atoms with Crippen LogP contribution in [0.25, 0.3) is 11.0 Å². The molecule has 5 rings (SSSR count). The number of hydrogen-bond donors (Lipinski definition) is 1. The lowest BCUT2D eigenvalue weighted by Gasteiger charge is -2.33. The van der Waals surface area contributed by atoms with E-state index in [2.05, 4.69) is 15.2 Å². The number of halogens is 2. The molecule has 3 aromatic heterocycles. The minimum Gasteiger partial charge on any atom is -0.361 e. The Hall–Kier alpha value is -2.58. The molecule has 2 fully saturated rings. The molecule has 1 N–H and O–H groups in total. The summed E-state index contributed by atoms with van der Waals surface area (Å²) in [6, 6.07) is 1.76. The highest BCUT2D eigenvalue weighted by atomic mass is 19.3. The molecule has 2 atom stereocenters. The third kappa shape index (κ3) is 2.84. The smallest absolute Gasteiger partial charge is 0.262 e. The van der Waals surface area contributed by atoms with E-state index >= 15 is 0 Å². The summed E-state index contributed by atoms with van der Waals surface area (Å²) in [5.41, 5.74) is 1.06. The van der Waals surface area contributed by atoms with E-state index in [1.807, 2.05) is 13.0 Å². The molecule has 0 aliphatic heterocycles. The summed E-state index contributed by atoms with van der Waals surface area (Å²) in [7, 11) is 0. The summed E-state index contributed by atoms with van der Waals surface area (Å²) in [6.07, 6.45) is 3.65. The Labute approximate surface area is 159 Å². The Morgan fingerprint density at radius 1 is 1.21 bits per heavy atom. The molecule has 0 amide bonds. The first kappa shape index (κ1) is 17.5. The van der Waals surface area contributed by atoms with Crippen LogP contribution in [-0.2, 0) is 0 Å². The summed E-state index contributed by atoms with van der Waals surface area (Å²) in [5, 5.41) is 8.66. The molecule has 0 spiro atoms. The van der Waals surface area contributed by atoms with E-state index in [9.17, 15) is 13.6 Å². The van der Waals surface area contributed by atoms with Gasteiger partial charge in [-0.05, 0) is 32.6 Å². The van der Waals surface area contributed by atoms with Crippen LogP contribution in [0.15, 0.2) is 21.6 Å². The van der Waals surface area contributed by atoms with Crippen LogP contribution in [0.2, 0.25) is 0 Å². The van der Waals surface area contributed by atoms with Gasteiger partial charge in [-0.3, -0.25) is 4.79 Å². The zero-order valence-corrected chi connectivity index (χ0v) is 15.5. The van der Waals surface area contributed by atoms with Crippen molar-refractivity contribution in [2.45, 2.75) is 69.2 Å². The lowest BCUT2D eigenvalue weighted by atomic mass is 9.71. The monoisotopic (exact) mass is 389 g/mol. The van der Waals surface area contributed by atoms with Gasteiger partial charge in [-0.15, -0.1) is 0 Å². The summed E-state index contributed by atoms with van der Waals surface area (Å²) in [5.74, 6) is -1.02. The first-order valence-corrected chi connectivity index (χ1v) is 9.70. The fourth-order valence-electron chi connectivity index (χ4n) is 4.39. The maximum Gasteiger partial charge on any atom is 0.262 e. The molecular weight excluding hydrogens is 368 g/mol. The van der Waals surface area contributed by atoms with Gasteiger partial charge in [0.1, 0.15) is 17.0 Å². The summed E-state index contributed by atoms with van der Waals surface area (Å²) in [4.78, 5) is 20.2. The molecule has 3 aromatic rings. The quantitative estimate of drug-likeness (QED) is 0.735. The second-order valence-corrected chi connectivity index (χ2v) is 8.03. The molecule has 0 aromatic carbocycles. The third-order valence-corrected chi connectivity index (χ3v) is 6.15. The standard InChI is InChI=1S/C19H21F2N5O2/c1-10-8-15(28-25-10)12-2-3-13(12)16-23-17-14(18(27)24-16)9-22-26(17)11-4-6-19(20,21)7-5-11/h8-9,11-13H,2-7H2,1H3,(H,23,24,27)/t12-,13+/m1/s1. The fourth-order valence-corrected chi connectivity index (χ4v) is 4.39. The molecular formula is C19H21F2N5O2. The lowest BCUT2D eigenvalue weighted by molar-refractivity contribution is -0.0446. The Bertz CT molecular complexity index is 1080. The highest BCUT2D eigenvalue weighted by molar-refractivity contribution is 5.73. The Morgan fingerprint density at radius 2 is 1.96 bits per heavy atom. The first-order chi connectivity index (χ1) is 13.4. The SMILES string of the molecule is Cc1cc([C@@H]2CC[C@@H]2c2nc3c(cnn3C3CCC(F)(F)CC3)c(=O)[nH]2)on1. The van der Waals surface area contributed by atoms with Crippen molar-refractivity contribution in [2.75, 3.05) is 0 Å². The summed E-state index contributed by atoms with van der Waals surface area (Å²) >= 11 is 0. The number of aryl methyl sites for hydroxylation is 1. The topological polar surface area (TPSA) is 89.6 Å². The molecule has 3 heterocycles. The minimum atomic E-state index is -2.61. The predicted molar refractivity (Wildman–Crippen MR) is 96.6 cm³/mol. The predicted octanol–water partition coefficient (Wildman–Crippen LogP) is 3.83. The van der Waals surface area contributed by atoms with Crippen LogP contribution in [0, 0.1) is 6.92 Å². The molecule has 7 nitrogen and oxygen atoms in total. The van der Waals surface area contributed by atoms with Crippen molar-refractivity contribution in [3.05, 3.63) is 39.9 Å². The molecule has 28 heavy (non-hydrogen) atoms. The van der Waals surface area contributed by atoms with Gasteiger partial charge in [0.2, 0.25) is 5.92 Å². The molecule has 2 aliphatic rings. The van der Waals surface area contributed by atoms with Crippen molar-refractivity contribution in [1.82, 2.24) is 24.9 Å². The summed E-state index contributed by atoms with van der Waals surface area (Å²) < 4.78 is 34.1. The van der Waals surface area contributed by atoms with E-state index in [4.69, 9.17) is 9.51 Å². The highest BCUT2D eigenvalue weighted by Crippen LogP contribution is 2.48. The molecule has 0 saturated heterocycles. The van der Waals surface area contributed by atoms with Gasteiger partial charge in [-0.2, -0.15) is 5.10 Å². The number of fused-ring (bicyclic) bond motifs is 1. The summed E-state index contributed by atoms with van der Waals surface area (Å²) in [6.45, 7) is 1.87. The number of alkyl halides is 2. The third-order valence-electron chi connectivity index (χ3n) is 6.15. The van der Waals surface area contributed by atoms with Gasteiger partial charge >= 0.3 is 0 Å². The van der Waals surface area contributed by atoms with Crippen molar-refractivity contribution < 1.29 is 13.3 Å². The van der Waals surface area contributed by atoms with Gasteiger partial charge < -0.3 is 9.51 Å². The zero-order chi connectivity index (χ0) is 19.5. The zero-order valence-electron chi connectivity index (χ0n) is 15.5. The Morgan fingerprint density at radius 3 is 2.61 bits per heavy atom. The van der Waals surface area contributed by atoms with Crippen molar-refractivity contribution >= 4 is 11.0 Å². The van der Waals surface area contributed by atoms with Gasteiger partial charge in [-0.1, -0.05) is 5.16 Å². The maximum absolute atomic E-state index is 13.5. The van der Waals surface area contributed by atoms with Crippen molar-refractivity contribution in [2.24, 2.45) is 0 Å². The number of nitrogens with one attached hydrogen (secondary N) is 1. The normalized spacial score (nSPS) is 25.1. The van der Waals surface area contributed by atoms with Gasteiger partial charge in [0, 0.05) is 30.7 Å². The maximum atomic E-state index is 13.5. The van der Waals surface area contributed by atoms with Crippen LogP contribution in [0.5, 0.6) is 0 Å². The highest BCUT2D eigenvalue weighted by Gasteiger charge is 2.39. The number of nitrogens with zero attached hydrogens (tertiary/aromatic N) is 4. The molecule has 0 unspecified atom stereocenters. The van der Waals surface area contributed by atoms with Crippen LogP contribution in [0.3, 0.4) is 0 Å². The van der Waals surface area contributed by atoms with Crippen LogP contribution >= 0.6 is 0 Å². The Kier molecular flexibility index (Phi) is 3.89. The molecule has 2 aliphatic carbocycles. The van der Waals surface area contributed by atoms with Crippen molar-refractivity contribution in [3.8, 4) is 0 Å². The second kappa shape index (κ2) is 6.22. The fraction of sp³-hybridized carbons (Fsp3) is 0.579.